The first-order valence-corrected chi connectivity index (χ1v) is 9.67. The molecule has 146 valence electrons. The molecule has 1 aliphatic rings. The van der Waals surface area contributed by atoms with E-state index < -0.39 is 6.04 Å². The van der Waals surface area contributed by atoms with Gasteiger partial charge in [-0.05, 0) is 37.3 Å². The summed E-state index contributed by atoms with van der Waals surface area (Å²) in [5.74, 6) is -1.00. The fourth-order valence-electron chi connectivity index (χ4n) is 4.00. The molecule has 0 aliphatic carbocycles. The number of hydrogen-bond donors (Lipinski definition) is 0. The third-order valence-corrected chi connectivity index (χ3v) is 5.52. The van der Waals surface area contributed by atoms with Crippen LogP contribution in [0.4, 0.5) is 4.39 Å². The molecular weight excluding hydrogens is 379 g/mol. The van der Waals surface area contributed by atoms with E-state index in [1.54, 1.807) is 30.3 Å². The Balaban J connectivity index is 1.69. The maximum Gasteiger partial charge on any atom is 0.262 e. The van der Waals surface area contributed by atoms with E-state index in [2.05, 4.69) is 0 Å². The minimum atomic E-state index is -0.547. The Bertz CT molecular complexity index is 1280. The summed E-state index contributed by atoms with van der Waals surface area (Å²) in [4.78, 5) is 32.0. The van der Waals surface area contributed by atoms with Crippen molar-refractivity contribution in [1.82, 2.24) is 9.88 Å². The fraction of sp³-hybridized carbons (Fsp3) is 0.0800. The smallest absolute Gasteiger partial charge is 0.262 e. The summed E-state index contributed by atoms with van der Waals surface area (Å²) in [6.45, 7) is 1.82. The van der Waals surface area contributed by atoms with Crippen molar-refractivity contribution in [1.29, 1.82) is 0 Å². The molecular formula is C25H17FN2O2. The second kappa shape index (κ2) is 6.88. The van der Waals surface area contributed by atoms with E-state index in [1.807, 2.05) is 43.3 Å². The highest BCUT2D eigenvalue weighted by atomic mass is 19.1. The van der Waals surface area contributed by atoms with Crippen molar-refractivity contribution >= 4 is 22.7 Å². The van der Waals surface area contributed by atoms with Crippen molar-refractivity contribution < 1.29 is 14.0 Å². The number of amides is 2. The molecule has 0 saturated carbocycles. The number of pyridine rings is 1. The van der Waals surface area contributed by atoms with Crippen LogP contribution in [0.3, 0.4) is 0 Å². The molecule has 3 aromatic carbocycles. The van der Waals surface area contributed by atoms with E-state index in [0.717, 1.165) is 16.5 Å². The van der Waals surface area contributed by atoms with Crippen LogP contribution in [0.25, 0.3) is 22.2 Å². The van der Waals surface area contributed by atoms with E-state index in [-0.39, 0.29) is 17.6 Å². The molecule has 1 aliphatic heterocycles. The maximum absolute atomic E-state index is 13.8. The first-order chi connectivity index (χ1) is 14.5. The van der Waals surface area contributed by atoms with Crippen LogP contribution in [0.1, 0.15) is 39.2 Å². The van der Waals surface area contributed by atoms with Gasteiger partial charge in [0.05, 0.1) is 28.4 Å². The first-order valence-electron chi connectivity index (χ1n) is 9.67. The highest BCUT2D eigenvalue weighted by molar-refractivity contribution is 6.21. The molecule has 0 bridgehead atoms. The van der Waals surface area contributed by atoms with E-state index in [4.69, 9.17) is 4.98 Å². The molecule has 30 heavy (non-hydrogen) atoms. The summed E-state index contributed by atoms with van der Waals surface area (Å²) >= 11 is 0. The van der Waals surface area contributed by atoms with Crippen LogP contribution in [0.2, 0.25) is 0 Å². The minimum Gasteiger partial charge on any atom is -0.269 e. The van der Waals surface area contributed by atoms with E-state index >= 15 is 0 Å². The van der Waals surface area contributed by atoms with E-state index in [9.17, 15) is 14.0 Å². The molecule has 4 nitrogen and oxygen atoms in total. The van der Waals surface area contributed by atoms with Gasteiger partial charge in [0, 0.05) is 22.6 Å². The van der Waals surface area contributed by atoms with Crippen LogP contribution in [-0.4, -0.2) is 21.7 Å². The van der Waals surface area contributed by atoms with Crippen molar-refractivity contribution in [3.8, 4) is 11.3 Å². The Morgan fingerprint density at radius 2 is 1.47 bits per heavy atom. The van der Waals surface area contributed by atoms with Gasteiger partial charge in [-0.25, -0.2) is 9.37 Å². The zero-order valence-corrected chi connectivity index (χ0v) is 16.2. The summed E-state index contributed by atoms with van der Waals surface area (Å²) in [6, 6.07) is 22.1. The molecule has 0 fully saturated rings. The predicted molar refractivity (Wildman–Crippen MR) is 112 cm³/mol. The second-order valence-electron chi connectivity index (χ2n) is 7.33. The Morgan fingerprint density at radius 1 is 0.833 bits per heavy atom. The van der Waals surface area contributed by atoms with Crippen molar-refractivity contribution in [3.63, 3.8) is 0 Å². The van der Waals surface area contributed by atoms with Gasteiger partial charge in [-0.1, -0.05) is 42.5 Å². The normalized spacial score (nSPS) is 14.3. The zero-order valence-electron chi connectivity index (χ0n) is 16.2. The third-order valence-electron chi connectivity index (χ3n) is 5.52. The Kier molecular flexibility index (Phi) is 4.17. The summed E-state index contributed by atoms with van der Waals surface area (Å²) in [5.41, 5.74) is 3.53. The zero-order chi connectivity index (χ0) is 20.8. The highest BCUT2D eigenvalue weighted by Crippen LogP contribution is 2.36. The predicted octanol–water partition coefficient (Wildman–Crippen LogP) is 5.40. The van der Waals surface area contributed by atoms with Crippen LogP contribution in [0.15, 0.2) is 78.9 Å². The lowest BCUT2D eigenvalue weighted by molar-refractivity contribution is 0.0595. The summed E-state index contributed by atoms with van der Waals surface area (Å²) < 4.78 is 13.8. The molecule has 1 atom stereocenters. The monoisotopic (exact) mass is 396 g/mol. The van der Waals surface area contributed by atoms with Crippen molar-refractivity contribution in [2.45, 2.75) is 13.0 Å². The standard InChI is InChI=1S/C25H17FN2O2/c1-15(28-24(29)19-9-5-6-10-20(19)25(28)30)21-13-17-11-12-18(26)14-22(17)27-23(21)16-7-3-2-4-8-16/h2-15H,1H3/t15-/m0/s1. The topological polar surface area (TPSA) is 50.3 Å². The largest absolute Gasteiger partial charge is 0.269 e. The fourth-order valence-corrected chi connectivity index (χ4v) is 4.00. The number of fused-ring (bicyclic) bond motifs is 2. The SMILES string of the molecule is C[C@@H](c1cc2ccc(F)cc2nc1-c1ccccc1)N1C(=O)c2ccccc2C1=O. The Morgan fingerprint density at radius 3 is 2.13 bits per heavy atom. The lowest BCUT2D eigenvalue weighted by Gasteiger charge is -2.25. The summed E-state index contributed by atoms with van der Waals surface area (Å²) in [7, 11) is 0. The van der Waals surface area contributed by atoms with E-state index in [1.165, 1.54) is 17.0 Å². The molecule has 5 rings (SSSR count). The van der Waals surface area contributed by atoms with Crippen LogP contribution >= 0.6 is 0 Å². The molecule has 2 heterocycles. The van der Waals surface area contributed by atoms with Crippen LogP contribution < -0.4 is 0 Å². The van der Waals surface area contributed by atoms with Gasteiger partial charge in [0.25, 0.3) is 11.8 Å². The maximum atomic E-state index is 13.8. The second-order valence-corrected chi connectivity index (χ2v) is 7.33. The molecule has 5 heteroatoms. The van der Waals surface area contributed by atoms with Crippen molar-refractivity contribution in [3.05, 3.63) is 101 Å². The van der Waals surface area contributed by atoms with Crippen molar-refractivity contribution in [2.24, 2.45) is 0 Å². The number of carbonyl (C=O) groups excluding carboxylic acids is 2. The number of carbonyl (C=O) groups is 2. The van der Waals surface area contributed by atoms with Crippen LogP contribution in [0, 0.1) is 5.82 Å². The Hall–Kier alpha value is -3.86. The first kappa shape index (κ1) is 18.2. The van der Waals surface area contributed by atoms with Gasteiger partial charge in [-0.3, -0.25) is 14.5 Å². The number of aromatic nitrogens is 1. The van der Waals surface area contributed by atoms with Gasteiger partial charge in [-0.15, -0.1) is 0 Å². The Labute approximate surface area is 172 Å². The number of nitrogens with zero attached hydrogens (tertiary/aromatic N) is 2. The average Bonchev–Trinajstić information content (AvgIpc) is 3.03. The van der Waals surface area contributed by atoms with Crippen molar-refractivity contribution in [2.75, 3.05) is 0 Å². The number of rotatable bonds is 3. The molecule has 4 aromatic rings. The lowest BCUT2D eigenvalue weighted by Crippen LogP contribution is -2.33. The molecule has 0 N–H and O–H groups in total. The molecule has 1 aromatic heterocycles. The van der Waals surface area contributed by atoms with E-state index in [0.29, 0.717) is 22.3 Å². The summed E-state index contributed by atoms with van der Waals surface area (Å²) in [6.07, 6.45) is 0. The highest BCUT2D eigenvalue weighted by Gasteiger charge is 2.39. The van der Waals surface area contributed by atoms with Gasteiger partial charge >= 0.3 is 0 Å². The summed E-state index contributed by atoms with van der Waals surface area (Å²) in [5, 5.41) is 0.745. The van der Waals surface area contributed by atoms with Crippen LogP contribution in [-0.2, 0) is 0 Å². The number of halogens is 1. The molecule has 0 unspecified atom stereocenters. The lowest BCUT2D eigenvalue weighted by atomic mass is 9.97. The quantitative estimate of drug-likeness (QED) is 0.436. The molecule has 0 spiro atoms. The molecule has 2 amide bonds. The van der Waals surface area contributed by atoms with Gasteiger partial charge in [0.15, 0.2) is 0 Å². The molecule has 0 radical (unpaired) electrons. The molecule has 0 saturated heterocycles. The van der Waals surface area contributed by atoms with Crippen LogP contribution in [0.5, 0.6) is 0 Å². The van der Waals surface area contributed by atoms with Gasteiger partial charge < -0.3 is 0 Å². The minimum absolute atomic E-state index is 0.318. The average molecular weight is 396 g/mol. The third kappa shape index (κ3) is 2.78. The van der Waals surface area contributed by atoms with Gasteiger partial charge in [0.1, 0.15) is 5.82 Å². The van der Waals surface area contributed by atoms with Gasteiger partial charge in [-0.2, -0.15) is 0 Å². The number of hydrogen-bond acceptors (Lipinski definition) is 3. The van der Waals surface area contributed by atoms with Gasteiger partial charge in [0.2, 0.25) is 0 Å². The number of benzene rings is 3. The number of imide groups is 1.